The molecule has 0 aromatic carbocycles. The van der Waals surface area contributed by atoms with E-state index in [1.165, 1.54) is 29.8 Å². The summed E-state index contributed by atoms with van der Waals surface area (Å²) >= 11 is 1.75. The van der Waals surface area contributed by atoms with Gasteiger partial charge in [0.1, 0.15) is 0 Å². The minimum Gasteiger partial charge on any atom is -0.307 e. The fraction of sp³-hybridized carbons (Fsp3) is 0.786. The van der Waals surface area contributed by atoms with Crippen LogP contribution < -0.4 is 5.32 Å². The molecule has 1 heterocycles. The van der Waals surface area contributed by atoms with Gasteiger partial charge in [0.05, 0.1) is 11.2 Å². The molecular weight excluding hydrogens is 228 g/mol. The van der Waals surface area contributed by atoms with Crippen molar-refractivity contribution in [2.75, 3.05) is 0 Å². The predicted octanol–water partition coefficient (Wildman–Crippen LogP) is 4.32. The monoisotopic (exact) mass is 254 g/mol. The van der Waals surface area contributed by atoms with Gasteiger partial charge in [-0.05, 0) is 33.1 Å². The Labute approximate surface area is 110 Å². The molecule has 0 fully saturated rings. The van der Waals surface area contributed by atoms with E-state index < -0.39 is 0 Å². The second kappa shape index (κ2) is 7.12. The molecule has 17 heavy (non-hydrogen) atoms. The third kappa shape index (κ3) is 5.17. The van der Waals surface area contributed by atoms with Gasteiger partial charge in [0, 0.05) is 17.0 Å². The van der Waals surface area contributed by atoms with E-state index in [9.17, 15) is 0 Å². The number of aromatic nitrogens is 1. The maximum atomic E-state index is 4.31. The maximum absolute atomic E-state index is 4.31. The van der Waals surface area contributed by atoms with Crippen molar-refractivity contribution in [3.63, 3.8) is 0 Å². The van der Waals surface area contributed by atoms with E-state index in [1.54, 1.807) is 11.3 Å². The number of thiazole rings is 1. The third-order valence-corrected chi connectivity index (χ3v) is 4.24. The first-order valence-electron chi connectivity index (χ1n) is 6.66. The molecule has 2 atom stereocenters. The van der Waals surface area contributed by atoms with E-state index in [1.807, 2.05) is 5.51 Å². The fourth-order valence-electron chi connectivity index (χ4n) is 2.14. The first-order valence-corrected chi connectivity index (χ1v) is 7.54. The standard InChI is InChI=1S/C14H26N2S/c1-10(2)7-6-8-11(3)16-13(5)14-12(4)15-9-17-14/h9-11,13,16H,6-8H2,1-5H3. The van der Waals surface area contributed by atoms with Gasteiger partial charge in [0.15, 0.2) is 0 Å². The zero-order valence-corrected chi connectivity index (χ0v) is 12.6. The summed E-state index contributed by atoms with van der Waals surface area (Å²) in [6, 6.07) is 1.02. The lowest BCUT2D eigenvalue weighted by molar-refractivity contribution is 0.425. The first kappa shape index (κ1) is 14.7. The molecular formula is C14H26N2S. The van der Waals surface area contributed by atoms with E-state index in [2.05, 4.69) is 44.9 Å². The Hall–Kier alpha value is -0.410. The Bertz CT molecular complexity index is 320. The molecule has 0 radical (unpaired) electrons. The molecule has 1 N–H and O–H groups in total. The Morgan fingerprint density at radius 2 is 1.94 bits per heavy atom. The summed E-state index contributed by atoms with van der Waals surface area (Å²) in [6.45, 7) is 11.2. The largest absolute Gasteiger partial charge is 0.307 e. The molecule has 0 aliphatic heterocycles. The molecule has 0 amide bonds. The average Bonchev–Trinajstić information content (AvgIpc) is 2.63. The number of hydrogen-bond acceptors (Lipinski definition) is 3. The van der Waals surface area contributed by atoms with Crippen LogP contribution in [-0.4, -0.2) is 11.0 Å². The minimum atomic E-state index is 0.427. The van der Waals surface area contributed by atoms with E-state index in [-0.39, 0.29) is 0 Å². The van der Waals surface area contributed by atoms with Crippen molar-refractivity contribution >= 4 is 11.3 Å². The van der Waals surface area contributed by atoms with Crippen LogP contribution in [0, 0.1) is 12.8 Å². The number of nitrogens with zero attached hydrogens (tertiary/aromatic N) is 1. The van der Waals surface area contributed by atoms with Crippen molar-refractivity contribution < 1.29 is 0 Å². The van der Waals surface area contributed by atoms with Gasteiger partial charge in [-0.1, -0.05) is 26.7 Å². The smallest absolute Gasteiger partial charge is 0.0798 e. The van der Waals surface area contributed by atoms with Gasteiger partial charge in [-0.2, -0.15) is 0 Å². The zero-order chi connectivity index (χ0) is 12.8. The lowest BCUT2D eigenvalue weighted by Crippen LogP contribution is -2.28. The summed E-state index contributed by atoms with van der Waals surface area (Å²) < 4.78 is 0. The van der Waals surface area contributed by atoms with Crippen molar-refractivity contribution in [1.29, 1.82) is 0 Å². The van der Waals surface area contributed by atoms with Gasteiger partial charge in [0.2, 0.25) is 0 Å². The van der Waals surface area contributed by atoms with Crippen molar-refractivity contribution in [2.45, 2.75) is 66.0 Å². The second-order valence-corrected chi connectivity index (χ2v) is 6.30. The van der Waals surface area contributed by atoms with Crippen LogP contribution in [0.5, 0.6) is 0 Å². The fourth-order valence-corrected chi connectivity index (χ4v) is 2.96. The molecule has 1 aromatic rings. The average molecular weight is 254 g/mol. The zero-order valence-electron chi connectivity index (χ0n) is 11.8. The number of hydrogen-bond donors (Lipinski definition) is 1. The van der Waals surface area contributed by atoms with Crippen LogP contribution in [0.25, 0.3) is 0 Å². The predicted molar refractivity (Wildman–Crippen MR) is 76.6 cm³/mol. The van der Waals surface area contributed by atoms with Gasteiger partial charge in [-0.25, -0.2) is 4.98 Å². The first-order chi connectivity index (χ1) is 8.00. The van der Waals surface area contributed by atoms with Gasteiger partial charge < -0.3 is 5.32 Å². The molecule has 0 saturated heterocycles. The topological polar surface area (TPSA) is 24.9 Å². The van der Waals surface area contributed by atoms with E-state index in [0.29, 0.717) is 12.1 Å². The summed E-state index contributed by atoms with van der Waals surface area (Å²) in [4.78, 5) is 5.68. The molecule has 2 unspecified atom stereocenters. The van der Waals surface area contributed by atoms with Crippen LogP contribution in [-0.2, 0) is 0 Å². The molecule has 1 aromatic heterocycles. The molecule has 0 bridgehead atoms. The highest BCUT2D eigenvalue weighted by molar-refractivity contribution is 7.09. The van der Waals surface area contributed by atoms with E-state index in [4.69, 9.17) is 0 Å². The SMILES string of the molecule is Cc1ncsc1C(C)NC(C)CCCC(C)C. The van der Waals surface area contributed by atoms with Crippen LogP contribution in [0.4, 0.5) is 0 Å². The van der Waals surface area contributed by atoms with Crippen LogP contribution in [0.2, 0.25) is 0 Å². The molecule has 0 spiro atoms. The number of aryl methyl sites for hydroxylation is 1. The van der Waals surface area contributed by atoms with Gasteiger partial charge in [-0.15, -0.1) is 11.3 Å². The maximum Gasteiger partial charge on any atom is 0.0798 e. The van der Waals surface area contributed by atoms with Crippen molar-refractivity contribution in [3.05, 3.63) is 16.1 Å². The summed E-state index contributed by atoms with van der Waals surface area (Å²) in [7, 11) is 0. The molecule has 2 nitrogen and oxygen atoms in total. The molecule has 0 aliphatic rings. The Morgan fingerprint density at radius 3 is 2.47 bits per heavy atom. The van der Waals surface area contributed by atoms with Crippen LogP contribution in [0.15, 0.2) is 5.51 Å². The quantitative estimate of drug-likeness (QED) is 0.784. The van der Waals surface area contributed by atoms with Gasteiger partial charge >= 0.3 is 0 Å². The van der Waals surface area contributed by atoms with Crippen LogP contribution >= 0.6 is 11.3 Å². The van der Waals surface area contributed by atoms with E-state index >= 15 is 0 Å². The lowest BCUT2D eigenvalue weighted by atomic mass is 10.0. The highest BCUT2D eigenvalue weighted by Crippen LogP contribution is 2.22. The van der Waals surface area contributed by atoms with Crippen LogP contribution in [0.3, 0.4) is 0 Å². The van der Waals surface area contributed by atoms with Crippen molar-refractivity contribution in [2.24, 2.45) is 5.92 Å². The van der Waals surface area contributed by atoms with Crippen molar-refractivity contribution in [1.82, 2.24) is 10.3 Å². The highest BCUT2D eigenvalue weighted by atomic mass is 32.1. The second-order valence-electron chi connectivity index (χ2n) is 5.42. The summed E-state index contributed by atoms with van der Waals surface area (Å²) in [6.07, 6.45) is 3.92. The minimum absolute atomic E-state index is 0.427. The Morgan fingerprint density at radius 1 is 1.24 bits per heavy atom. The number of nitrogens with one attached hydrogen (secondary N) is 1. The normalized spacial score (nSPS) is 15.2. The molecule has 98 valence electrons. The Kier molecular flexibility index (Phi) is 6.14. The molecule has 0 saturated carbocycles. The Balaban J connectivity index is 2.31. The summed E-state index contributed by atoms with van der Waals surface area (Å²) in [5.41, 5.74) is 3.11. The number of rotatable bonds is 7. The lowest BCUT2D eigenvalue weighted by Gasteiger charge is -2.19. The van der Waals surface area contributed by atoms with Gasteiger partial charge in [0.25, 0.3) is 0 Å². The van der Waals surface area contributed by atoms with Gasteiger partial charge in [-0.3, -0.25) is 0 Å². The van der Waals surface area contributed by atoms with E-state index in [0.717, 1.165) is 5.92 Å². The highest BCUT2D eigenvalue weighted by Gasteiger charge is 2.13. The molecule has 1 rings (SSSR count). The summed E-state index contributed by atoms with van der Waals surface area (Å²) in [5.74, 6) is 0.823. The molecule has 0 aliphatic carbocycles. The molecule has 3 heteroatoms. The van der Waals surface area contributed by atoms with Crippen LogP contribution in [0.1, 0.15) is 63.6 Å². The summed E-state index contributed by atoms with van der Waals surface area (Å²) in [5, 5.41) is 3.67. The van der Waals surface area contributed by atoms with Crippen molar-refractivity contribution in [3.8, 4) is 0 Å². The third-order valence-electron chi connectivity index (χ3n) is 3.13.